The van der Waals surface area contributed by atoms with Crippen LogP contribution in [0.25, 0.3) is 0 Å². The van der Waals surface area contributed by atoms with Crippen molar-refractivity contribution in [2.24, 2.45) is 0 Å². The number of thiazole rings is 1. The van der Waals surface area contributed by atoms with Gasteiger partial charge in [-0.2, -0.15) is 0 Å². The highest BCUT2D eigenvalue weighted by Crippen LogP contribution is 2.18. The van der Waals surface area contributed by atoms with Crippen molar-refractivity contribution in [3.8, 4) is 0 Å². The van der Waals surface area contributed by atoms with Crippen molar-refractivity contribution in [1.82, 2.24) is 10.3 Å². The number of nitrogens with zero attached hydrogens (tertiary/aromatic N) is 1. The van der Waals surface area contributed by atoms with Gasteiger partial charge >= 0.3 is 0 Å². The van der Waals surface area contributed by atoms with Crippen LogP contribution in [0.2, 0.25) is 0 Å². The molecule has 0 aliphatic rings. The van der Waals surface area contributed by atoms with E-state index in [-0.39, 0.29) is 18.1 Å². The third-order valence-electron chi connectivity index (χ3n) is 3.44. The quantitative estimate of drug-likeness (QED) is 0.515. The Balaban J connectivity index is 0.00000312. The number of hydrogen-bond acceptors (Lipinski definition) is 6. The molecule has 1 heterocycles. The van der Waals surface area contributed by atoms with Crippen LogP contribution in [0.15, 0.2) is 30.3 Å². The van der Waals surface area contributed by atoms with Gasteiger partial charge in [-0.15, -0.1) is 23.7 Å². The van der Waals surface area contributed by atoms with E-state index in [1.54, 1.807) is 6.92 Å². The van der Waals surface area contributed by atoms with Gasteiger partial charge in [-0.3, -0.25) is 4.79 Å². The van der Waals surface area contributed by atoms with Crippen molar-refractivity contribution < 1.29 is 13.2 Å². The number of carbonyl (C=O) groups is 1. The average molecular weight is 403 g/mol. The predicted molar refractivity (Wildman–Crippen MR) is 105 cm³/mol. The Labute approximate surface area is 159 Å². The number of Topliss-reactive ketones (excluding diaryl/α,β-unsaturated/α-hetero) is 1. The summed E-state index contributed by atoms with van der Waals surface area (Å²) in [5.74, 6) is -0.914. The zero-order valence-electron chi connectivity index (χ0n) is 14.3. The monoisotopic (exact) mass is 402 g/mol. The fraction of sp³-hybridized carbons (Fsp3) is 0.412. The maximum atomic E-state index is 12.0. The lowest BCUT2D eigenvalue weighted by Crippen LogP contribution is -2.17. The van der Waals surface area contributed by atoms with Crippen molar-refractivity contribution in [1.29, 1.82) is 0 Å². The normalized spacial score (nSPS) is 11.1. The molecule has 0 fully saturated rings. The van der Waals surface area contributed by atoms with E-state index in [9.17, 15) is 13.2 Å². The summed E-state index contributed by atoms with van der Waals surface area (Å²) in [5, 5.41) is 4.13. The molecule has 138 valence electrons. The minimum atomic E-state index is -3.33. The van der Waals surface area contributed by atoms with Gasteiger partial charge in [-0.05, 0) is 31.9 Å². The highest BCUT2D eigenvalue weighted by Gasteiger charge is 2.19. The molecule has 5 nitrogen and oxygen atoms in total. The molecule has 0 radical (unpaired) electrons. The molecule has 0 spiro atoms. The molecule has 1 aromatic heterocycles. The molecule has 2 aromatic rings. The van der Waals surface area contributed by atoms with Gasteiger partial charge in [0, 0.05) is 17.7 Å². The van der Waals surface area contributed by atoms with Gasteiger partial charge < -0.3 is 5.32 Å². The third kappa shape index (κ3) is 7.64. The van der Waals surface area contributed by atoms with E-state index in [0.717, 1.165) is 35.5 Å². The van der Waals surface area contributed by atoms with Crippen LogP contribution in [0, 0.1) is 6.92 Å². The zero-order valence-corrected chi connectivity index (χ0v) is 16.8. The van der Waals surface area contributed by atoms with Crippen LogP contribution in [-0.2, 0) is 22.8 Å². The Kier molecular flexibility index (Phi) is 8.71. The Morgan fingerprint density at radius 1 is 1.24 bits per heavy atom. The van der Waals surface area contributed by atoms with Crippen LogP contribution in [0.4, 0.5) is 0 Å². The number of benzene rings is 1. The molecule has 0 unspecified atom stereocenters. The van der Waals surface area contributed by atoms with Crippen LogP contribution in [0.1, 0.15) is 32.4 Å². The number of ketones is 1. The summed E-state index contributed by atoms with van der Waals surface area (Å²) in [5.41, 5.74) is 1.60. The van der Waals surface area contributed by atoms with Gasteiger partial charge in [-0.1, -0.05) is 30.3 Å². The number of aromatic nitrogens is 1. The van der Waals surface area contributed by atoms with Gasteiger partial charge in [0.25, 0.3) is 0 Å². The number of carbonyl (C=O) groups excluding carboxylic acids is 1. The van der Waals surface area contributed by atoms with Crippen molar-refractivity contribution in [2.75, 3.05) is 18.6 Å². The lowest BCUT2D eigenvalue weighted by Gasteiger charge is -2.03. The van der Waals surface area contributed by atoms with E-state index in [0.29, 0.717) is 6.54 Å². The second-order valence-electron chi connectivity index (χ2n) is 5.77. The first-order valence-corrected chi connectivity index (χ1v) is 10.6. The minimum absolute atomic E-state index is 0. The maximum absolute atomic E-state index is 12.0. The SMILES string of the molecule is Cc1sc(CNCCCc2ccccc2)nc1C(=O)CS(C)(=O)=O.Cl. The summed E-state index contributed by atoms with van der Waals surface area (Å²) in [6.45, 7) is 3.25. The first-order valence-electron chi connectivity index (χ1n) is 7.77. The largest absolute Gasteiger partial charge is 0.310 e. The lowest BCUT2D eigenvalue weighted by atomic mass is 10.1. The highest BCUT2D eigenvalue weighted by molar-refractivity contribution is 7.91. The van der Waals surface area contributed by atoms with Crippen LogP contribution >= 0.6 is 23.7 Å². The molecule has 0 saturated heterocycles. The fourth-order valence-corrected chi connectivity index (χ4v) is 3.88. The second kappa shape index (κ2) is 10.0. The average Bonchev–Trinajstić information content (AvgIpc) is 2.87. The van der Waals surface area contributed by atoms with Gasteiger partial charge in [0.1, 0.15) is 16.5 Å². The van der Waals surface area contributed by atoms with E-state index in [4.69, 9.17) is 0 Å². The maximum Gasteiger partial charge on any atom is 0.197 e. The standard InChI is InChI=1S/C17H22N2O3S2.ClH/c1-13-17(15(20)12-24(2,21)22)19-16(23-13)11-18-10-6-9-14-7-4-3-5-8-14;/h3-5,7-8,18H,6,9-12H2,1-2H3;1H. The summed E-state index contributed by atoms with van der Waals surface area (Å²) in [7, 11) is -3.33. The Hall–Kier alpha value is -1.28. The van der Waals surface area contributed by atoms with E-state index < -0.39 is 21.4 Å². The molecule has 0 saturated carbocycles. The summed E-state index contributed by atoms with van der Waals surface area (Å²) in [6, 6.07) is 10.3. The van der Waals surface area contributed by atoms with Crippen LogP contribution in [0.3, 0.4) is 0 Å². The summed E-state index contributed by atoms with van der Waals surface area (Å²) >= 11 is 1.43. The minimum Gasteiger partial charge on any atom is -0.310 e. The Morgan fingerprint density at radius 2 is 1.92 bits per heavy atom. The molecule has 0 aliphatic carbocycles. The second-order valence-corrected chi connectivity index (χ2v) is 9.20. The molecule has 1 N–H and O–H groups in total. The predicted octanol–water partition coefficient (Wildman–Crippen LogP) is 2.82. The van der Waals surface area contributed by atoms with Crippen molar-refractivity contribution in [2.45, 2.75) is 26.3 Å². The van der Waals surface area contributed by atoms with Crippen molar-refractivity contribution >= 4 is 39.4 Å². The van der Waals surface area contributed by atoms with Crippen LogP contribution < -0.4 is 5.32 Å². The van der Waals surface area contributed by atoms with Gasteiger partial charge in [0.15, 0.2) is 15.6 Å². The van der Waals surface area contributed by atoms with E-state index in [1.165, 1.54) is 16.9 Å². The molecule has 0 amide bonds. The molecular formula is C17H23ClN2O3S2. The van der Waals surface area contributed by atoms with Crippen molar-refractivity contribution in [3.63, 3.8) is 0 Å². The third-order valence-corrected chi connectivity index (χ3v) is 5.19. The molecule has 25 heavy (non-hydrogen) atoms. The number of sulfone groups is 1. The van der Waals surface area contributed by atoms with Crippen molar-refractivity contribution in [3.05, 3.63) is 51.5 Å². The fourth-order valence-electron chi connectivity index (χ4n) is 2.35. The molecule has 0 atom stereocenters. The van der Waals surface area contributed by atoms with Gasteiger partial charge in [0.05, 0.1) is 0 Å². The summed E-state index contributed by atoms with van der Waals surface area (Å²) in [6.07, 6.45) is 3.10. The molecule has 8 heteroatoms. The Morgan fingerprint density at radius 3 is 2.56 bits per heavy atom. The highest BCUT2D eigenvalue weighted by atomic mass is 35.5. The molecule has 0 bridgehead atoms. The van der Waals surface area contributed by atoms with E-state index in [1.807, 2.05) is 18.2 Å². The van der Waals surface area contributed by atoms with Gasteiger partial charge in [0.2, 0.25) is 0 Å². The Bertz CT molecular complexity index is 789. The first kappa shape index (κ1) is 21.8. The number of halogens is 1. The van der Waals surface area contributed by atoms with Crippen LogP contribution in [-0.4, -0.2) is 37.7 Å². The molecule has 2 rings (SSSR count). The zero-order chi connectivity index (χ0) is 17.6. The summed E-state index contributed by atoms with van der Waals surface area (Å²) < 4.78 is 22.5. The topological polar surface area (TPSA) is 76.1 Å². The smallest absolute Gasteiger partial charge is 0.197 e. The molecule has 0 aliphatic heterocycles. The van der Waals surface area contributed by atoms with Gasteiger partial charge in [-0.25, -0.2) is 13.4 Å². The lowest BCUT2D eigenvalue weighted by molar-refractivity contribution is 0.101. The van der Waals surface area contributed by atoms with Crippen LogP contribution in [0.5, 0.6) is 0 Å². The van der Waals surface area contributed by atoms with E-state index in [2.05, 4.69) is 22.4 Å². The number of hydrogen-bond donors (Lipinski definition) is 1. The van der Waals surface area contributed by atoms with E-state index >= 15 is 0 Å². The summed E-state index contributed by atoms with van der Waals surface area (Å²) in [4.78, 5) is 17.0. The molecular weight excluding hydrogens is 380 g/mol. The first-order chi connectivity index (χ1) is 11.3. The number of aryl methyl sites for hydroxylation is 2. The number of nitrogens with one attached hydrogen (secondary N) is 1. The number of rotatable bonds is 9. The molecule has 1 aromatic carbocycles.